The van der Waals surface area contributed by atoms with Crippen molar-refractivity contribution in [1.82, 2.24) is 0 Å². The molecule has 7 heteroatoms. The topological polar surface area (TPSA) is 116 Å². The molecule has 1 fully saturated rings. The molecule has 1 heterocycles. The van der Waals surface area contributed by atoms with Crippen LogP contribution in [0.1, 0.15) is 123 Å². The fraction of sp³-hybridized carbons (Fsp3) is 0.962. The van der Waals surface area contributed by atoms with Gasteiger partial charge in [-0.1, -0.05) is 110 Å². The van der Waals surface area contributed by atoms with Gasteiger partial charge in [0.05, 0.1) is 6.10 Å². The molecule has 0 aromatic carbocycles. The van der Waals surface area contributed by atoms with E-state index in [9.17, 15) is 25.2 Å². The zero-order valence-corrected chi connectivity index (χ0v) is 21.0. The number of carboxylic acid groups (broad SMARTS) is 1. The van der Waals surface area contributed by atoms with Crippen molar-refractivity contribution in [3.05, 3.63) is 0 Å². The Morgan fingerprint density at radius 1 is 0.697 bits per heavy atom. The standard InChI is InChI=1S/C26H50O7/c1-3-5-7-9-11-12-13-15-17-19-20(18-16-14-10-8-6-4-2)32-26-23(29)21(27)22(28)24(33-26)25(30)31/h20-24,26-29H,3-19H2,1-2H3,(H,30,31)/t20?,21-,22-,23+,24-,26+/m0/s1. The molecular formula is C26H50O7. The van der Waals surface area contributed by atoms with Gasteiger partial charge in [-0.3, -0.25) is 0 Å². The summed E-state index contributed by atoms with van der Waals surface area (Å²) in [6.45, 7) is 4.42. The van der Waals surface area contributed by atoms with Gasteiger partial charge in [-0.2, -0.15) is 0 Å². The van der Waals surface area contributed by atoms with Crippen LogP contribution in [-0.4, -0.2) is 63.2 Å². The molecule has 0 aromatic rings. The van der Waals surface area contributed by atoms with Gasteiger partial charge in [0.15, 0.2) is 12.4 Å². The van der Waals surface area contributed by atoms with E-state index in [1.807, 2.05) is 0 Å². The van der Waals surface area contributed by atoms with E-state index < -0.39 is 36.7 Å². The Morgan fingerprint density at radius 3 is 1.55 bits per heavy atom. The Bertz CT molecular complexity index is 487. The van der Waals surface area contributed by atoms with Gasteiger partial charge in [0.25, 0.3) is 0 Å². The first kappa shape index (κ1) is 30.3. The van der Waals surface area contributed by atoms with Gasteiger partial charge in [0, 0.05) is 0 Å². The average Bonchev–Trinajstić information content (AvgIpc) is 2.79. The maximum absolute atomic E-state index is 11.4. The third kappa shape index (κ3) is 12.5. The molecule has 1 saturated heterocycles. The number of carbonyl (C=O) groups is 1. The highest BCUT2D eigenvalue weighted by atomic mass is 16.7. The summed E-state index contributed by atoms with van der Waals surface area (Å²) in [6.07, 6.45) is 11.9. The molecule has 1 aliphatic rings. The molecule has 0 bridgehead atoms. The SMILES string of the molecule is CCCCCCCCCCCC(CCCCCCCC)O[C@@H]1O[C@H](C(=O)O)[C@@H](O)[C@H](O)[C@H]1O. The van der Waals surface area contributed by atoms with Crippen LogP contribution in [0.2, 0.25) is 0 Å². The fourth-order valence-corrected chi connectivity index (χ4v) is 4.47. The lowest BCUT2D eigenvalue weighted by molar-refractivity contribution is -0.305. The fourth-order valence-electron chi connectivity index (χ4n) is 4.47. The van der Waals surface area contributed by atoms with Crippen LogP contribution in [0.3, 0.4) is 0 Å². The highest BCUT2D eigenvalue weighted by Gasteiger charge is 2.48. The van der Waals surface area contributed by atoms with Crippen molar-refractivity contribution in [2.45, 2.75) is 160 Å². The normalized spacial score (nSPS) is 26.4. The summed E-state index contributed by atoms with van der Waals surface area (Å²) in [6, 6.07) is 0. The van der Waals surface area contributed by atoms with Crippen LogP contribution in [-0.2, 0) is 14.3 Å². The molecule has 0 spiro atoms. The van der Waals surface area contributed by atoms with E-state index in [4.69, 9.17) is 9.47 Å². The van der Waals surface area contributed by atoms with E-state index in [0.717, 1.165) is 38.5 Å². The van der Waals surface area contributed by atoms with Crippen LogP contribution in [0.5, 0.6) is 0 Å². The summed E-state index contributed by atoms with van der Waals surface area (Å²) < 4.78 is 11.3. The zero-order chi connectivity index (χ0) is 24.5. The van der Waals surface area contributed by atoms with E-state index in [-0.39, 0.29) is 6.10 Å². The predicted octanol–water partition coefficient (Wildman–Crippen LogP) is 4.94. The third-order valence-corrected chi connectivity index (χ3v) is 6.65. The average molecular weight is 475 g/mol. The lowest BCUT2D eigenvalue weighted by Gasteiger charge is -2.40. The maximum atomic E-state index is 11.4. The maximum Gasteiger partial charge on any atom is 0.335 e. The van der Waals surface area contributed by atoms with Crippen molar-refractivity contribution in [3.63, 3.8) is 0 Å². The number of carboxylic acids is 1. The van der Waals surface area contributed by atoms with Gasteiger partial charge in [0.1, 0.15) is 18.3 Å². The van der Waals surface area contributed by atoms with Crippen molar-refractivity contribution >= 4 is 5.97 Å². The molecule has 1 rings (SSSR count). The smallest absolute Gasteiger partial charge is 0.335 e. The van der Waals surface area contributed by atoms with E-state index in [0.29, 0.717) is 0 Å². The first-order chi connectivity index (χ1) is 15.9. The van der Waals surface area contributed by atoms with E-state index in [1.54, 1.807) is 0 Å². The summed E-state index contributed by atoms with van der Waals surface area (Å²) >= 11 is 0. The Hall–Kier alpha value is -0.730. The van der Waals surface area contributed by atoms with Crippen molar-refractivity contribution in [2.24, 2.45) is 0 Å². The number of aliphatic carboxylic acids is 1. The second-order valence-corrected chi connectivity index (χ2v) is 9.67. The van der Waals surface area contributed by atoms with Crippen LogP contribution < -0.4 is 0 Å². The molecule has 0 aliphatic carbocycles. The largest absolute Gasteiger partial charge is 0.479 e. The van der Waals surface area contributed by atoms with Crippen molar-refractivity contribution in [1.29, 1.82) is 0 Å². The second-order valence-electron chi connectivity index (χ2n) is 9.67. The van der Waals surface area contributed by atoms with Crippen molar-refractivity contribution < 1.29 is 34.7 Å². The van der Waals surface area contributed by atoms with Crippen molar-refractivity contribution in [3.8, 4) is 0 Å². The van der Waals surface area contributed by atoms with Crippen LogP contribution in [0.15, 0.2) is 0 Å². The monoisotopic (exact) mass is 474 g/mol. The Balaban J connectivity index is 2.49. The molecule has 1 aliphatic heterocycles. The van der Waals surface area contributed by atoms with Crippen LogP contribution in [0, 0.1) is 0 Å². The Kier molecular flexibility index (Phi) is 17.1. The highest BCUT2D eigenvalue weighted by molar-refractivity contribution is 5.73. The molecule has 7 nitrogen and oxygen atoms in total. The quantitative estimate of drug-likeness (QED) is 0.185. The van der Waals surface area contributed by atoms with Gasteiger partial charge in [0.2, 0.25) is 0 Å². The molecule has 0 saturated carbocycles. The molecule has 196 valence electrons. The number of unbranched alkanes of at least 4 members (excludes halogenated alkanes) is 13. The Labute approximate surface area is 200 Å². The van der Waals surface area contributed by atoms with E-state index in [1.165, 1.54) is 70.6 Å². The molecule has 0 amide bonds. The number of aliphatic hydroxyl groups excluding tert-OH is 3. The molecule has 1 unspecified atom stereocenters. The molecule has 0 radical (unpaired) electrons. The van der Waals surface area contributed by atoms with Gasteiger partial charge in [-0.15, -0.1) is 0 Å². The zero-order valence-electron chi connectivity index (χ0n) is 21.0. The van der Waals surface area contributed by atoms with Crippen LogP contribution in [0.25, 0.3) is 0 Å². The summed E-state index contributed by atoms with van der Waals surface area (Å²) in [5, 5.41) is 39.5. The van der Waals surface area contributed by atoms with E-state index in [2.05, 4.69) is 13.8 Å². The van der Waals surface area contributed by atoms with Crippen LogP contribution >= 0.6 is 0 Å². The molecule has 4 N–H and O–H groups in total. The van der Waals surface area contributed by atoms with Gasteiger partial charge >= 0.3 is 5.97 Å². The summed E-state index contributed by atoms with van der Waals surface area (Å²) in [5.41, 5.74) is 0. The second kappa shape index (κ2) is 18.6. The number of hydrogen-bond donors (Lipinski definition) is 4. The lowest BCUT2D eigenvalue weighted by atomic mass is 9.98. The summed E-state index contributed by atoms with van der Waals surface area (Å²) in [5.74, 6) is -1.38. The molecule has 6 atom stereocenters. The predicted molar refractivity (Wildman–Crippen MR) is 129 cm³/mol. The summed E-state index contributed by atoms with van der Waals surface area (Å²) in [4.78, 5) is 11.4. The minimum Gasteiger partial charge on any atom is -0.479 e. The molecule has 33 heavy (non-hydrogen) atoms. The Morgan fingerprint density at radius 2 is 1.12 bits per heavy atom. The van der Waals surface area contributed by atoms with Gasteiger partial charge in [-0.05, 0) is 12.8 Å². The van der Waals surface area contributed by atoms with Crippen LogP contribution in [0.4, 0.5) is 0 Å². The molecular weight excluding hydrogens is 424 g/mol. The van der Waals surface area contributed by atoms with Crippen molar-refractivity contribution in [2.75, 3.05) is 0 Å². The number of ether oxygens (including phenoxy) is 2. The minimum atomic E-state index is -1.69. The number of aliphatic hydroxyl groups is 3. The third-order valence-electron chi connectivity index (χ3n) is 6.65. The van der Waals surface area contributed by atoms with Gasteiger partial charge < -0.3 is 29.9 Å². The lowest BCUT2D eigenvalue weighted by Crippen LogP contribution is -2.60. The highest BCUT2D eigenvalue weighted by Crippen LogP contribution is 2.26. The minimum absolute atomic E-state index is 0.169. The first-order valence-corrected chi connectivity index (χ1v) is 13.5. The molecule has 0 aromatic heterocycles. The number of rotatable bonds is 20. The first-order valence-electron chi connectivity index (χ1n) is 13.5. The number of hydrogen-bond acceptors (Lipinski definition) is 6. The van der Waals surface area contributed by atoms with E-state index >= 15 is 0 Å². The van der Waals surface area contributed by atoms with Gasteiger partial charge in [-0.25, -0.2) is 4.79 Å². The summed E-state index contributed by atoms with van der Waals surface area (Å²) in [7, 11) is 0.